The van der Waals surface area contributed by atoms with E-state index < -0.39 is 21.4 Å². The first-order valence-electron chi connectivity index (χ1n) is 9.28. The Kier molecular flexibility index (Phi) is 6.32. The van der Waals surface area contributed by atoms with E-state index in [-0.39, 0.29) is 12.4 Å². The molecule has 0 aliphatic carbocycles. The normalized spacial score (nSPS) is 24.0. The first-order chi connectivity index (χ1) is 13.0. The molecule has 2 N–H and O–H groups in total. The van der Waals surface area contributed by atoms with Gasteiger partial charge in [-0.25, -0.2) is 8.42 Å². The molecule has 2 atom stereocenters. The summed E-state index contributed by atoms with van der Waals surface area (Å²) in [5.74, 6) is 0.0277. The fourth-order valence-electron chi connectivity index (χ4n) is 3.81. The number of sulfone groups is 1. The van der Waals surface area contributed by atoms with Gasteiger partial charge in [-0.3, -0.25) is 0 Å². The standard InChI is InChI=1S/C21H27NO4S/c23-17-21(15-18-7-3-1-4-8-18)16-22(12-11-20(21)24)13-14-27(25,26)19-9-5-2-6-10-19/h1-10,20,23-24H,11-17H2/t20-,21+/m0/s1. The van der Waals surface area contributed by atoms with E-state index in [1.807, 2.05) is 35.2 Å². The zero-order chi connectivity index (χ0) is 19.3. The fraction of sp³-hybridized carbons (Fsp3) is 0.429. The lowest BCUT2D eigenvalue weighted by atomic mass is 9.73. The first kappa shape index (κ1) is 20.0. The van der Waals surface area contributed by atoms with Crippen LogP contribution in [0.25, 0.3) is 0 Å². The molecule has 1 fully saturated rings. The molecule has 0 unspecified atom stereocenters. The highest BCUT2D eigenvalue weighted by atomic mass is 32.2. The van der Waals surface area contributed by atoms with Gasteiger partial charge in [0.25, 0.3) is 0 Å². The second kappa shape index (κ2) is 8.52. The van der Waals surface area contributed by atoms with Gasteiger partial charge in [0.05, 0.1) is 23.4 Å². The molecule has 3 rings (SSSR count). The van der Waals surface area contributed by atoms with Crippen molar-refractivity contribution in [3.05, 3.63) is 66.2 Å². The van der Waals surface area contributed by atoms with Crippen LogP contribution in [0.1, 0.15) is 12.0 Å². The maximum absolute atomic E-state index is 12.5. The first-order valence-corrected chi connectivity index (χ1v) is 10.9. The molecule has 0 amide bonds. The molecule has 27 heavy (non-hydrogen) atoms. The van der Waals surface area contributed by atoms with Crippen LogP contribution in [-0.4, -0.2) is 61.6 Å². The van der Waals surface area contributed by atoms with Crippen molar-refractivity contribution in [2.24, 2.45) is 5.41 Å². The summed E-state index contributed by atoms with van der Waals surface area (Å²) >= 11 is 0. The van der Waals surface area contributed by atoms with Gasteiger partial charge >= 0.3 is 0 Å². The Morgan fingerprint density at radius 3 is 2.30 bits per heavy atom. The summed E-state index contributed by atoms with van der Waals surface area (Å²) in [4.78, 5) is 2.38. The maximum atomic E-state index is 12.5. The van der Waals surface area contributed by atoms with E-state index in [0.29, 0.717) is 37.4 Å². The Balaban J connectivity index is 1.69. The van der Waals surface area contributed by atoms with Crippen molar-refractivity contribution >= 4 is 9.84 Å². The number of aliphatic hydroxyl groups excluding tert-OH is 2. The lowest BCUT2D eigenvalue weighted by Crippen LogP contribution is -2.55. The smallest absolute Gasteiger partial charge is 0.179 e. The SMILES string of the molecule is O=S(=O)(CCN1CC[C@H](O)[C@](CO)(Cc2ccccc2)C1)c1ccccc1. The van der Waals surface area contributed by atoms with Gasteiger partial charge in [0.2, 0.25) is 0 Å². The van der Waals surface area contributed by atoms with E-state index in [1.54, 1.807) is 30.3 Å². The van der Waals surface area contributed by atoms with Crippen molar-refractivity contribution < 1.29 is 18.6 Å². The molecule has 0 spiro atoms. The van der Waals surface area contributed by atoms with E-state index in [2.05, 4.69) is 0 Å². The molecule has 146 valence electrons. The van der Waals surface area contributed by atoms with Crippen molar-refractivity contribution in [3.63, 3.8) is 0 Å². The molecule has 0 aromatic heterocycles. The number of benzene rings is 2. The van der Waals surface area contributed by atoms with Crippen LogP contribution in [0.3, 0.4) is 0 Å². The van der Waals surface area contributed by atoms with Crippen LogP contribution in [0, 0.1) is 5.41 Å². The van der Waals surface area contributed by atoms with Gasteiger partial charge in [-0.15, -0.1) is 0 Å². The Labute approximate surface area is 161 Å². The maximum Gasteiger partial charge on any atom is 0.179 e. The average molecular weight is 390 g/mol. The molecule has 0 saturated carbocycles. The van der Waals surface area contributed by atoms with Crippen molar-refractivity contribution in [3.8, 4) is 0 Å². The molecule has 0 bridgehead atoms. The predicted molar refractivity (Wildman–Crippen MR) is 105 cm³/mol. The summed E-state index contributed by atoms with van der Waals surface area (Å²) < 4.78 is 25.1. The van der Waals surface area contributed by atoms with Gasteiger partial charge in [-0.05, 0) is 30.5 Å². The van der Waals surface area contributed by atoms with Crippen molar-refractivity contribution in [2.75, 3.05) is 32.0 Å². The monoisotopic (exact) mass is 389 g/mol. The summed E-state index contributed by atoms with van der Waals surface area (Å²) in [6, 6.07) is 18.3. The molecule has 6 heteroatoms. The van der Waals surface area contributed by atoms with Crippen molar-refractivity contribution in [1.29, 1.82) is 0 Å². The molecule has 5 nitrogen and oxygen atoms in total. The van der Waals surface area contributed by atoms with Gasteiger partial charge in [-0.2, -0.15) is 0 Å². The number of hydrogen-bond acceptors (Lipinski definition) is 5. The minimum atomic E-state index is -3.34. The fourth-order valence-corrected chi connectivity index (χ4v) is 5.12. The Bertz CT molecular complexity index is 826. The quantitative estimate of drug-likeness (QED) is 0.754. The molecular formula is C21H27NO4S. The average Bonchev–Trinajstić information content (AvgIpc) is 2.70. The third-order valence-electron chi connectivity index (χ3n) is 5.46. The van der Waals surface area contributed by atoms with Gasteiger partial charge in [0.1, 0.15) is 0 Å². The Hall–Kier alpha value is -1.73. The molecule has 1 saturated heterocycles. The largest absolute Gasteiger partial charge is 0.396 e. The van der Waals surface area contributed by atoms with Crippen LogP contribution in [-0.2, 0) is 16.3 Å². The highest BCUT2D eigenvalue weighted by molar-refractivity contribution is 7.91. The lowest BCUT2D eigenvalue weighted by Gasteiger charge is -2.45. The van der Waals surface area contributed by atoms with Crippen LogP contribution in [0.5, 0.6) is 0 Å². The van der Waals surface area contributed by atoms with Gasteiger partial charge < -0.3 is 15.1 Å². The molecule has 1 aliphatic rings. The lowest BCUT2D eigenvalue weighted by molar-refractivity contribution is -0.0734. The number of aliphatic hydroxyl groups is 2. The summed E-state index contributed by atoms with van der Waals surface area (Å²) in [7, 11) is -3.34. The minimum absolute atomic E-state index is 0.0277. The summed E-state index contributed by atoms with van der Waals surface area (Å²) in [5.41, 5.74) is 0.389. The molecule has 0 radical (unpaired) electrons. The third kappa shape index (κ3) is 4.76. The van der Waals surface area contributed by atoms with E-state index in [0.717, 1.165) is 5.56 Å². The number of piperidine rings is 1. The molecule has 1 aliphatic heterocycles. The molecule has 2 aromatic carbocycles. The van der Waals surface area contributed by atoms with Crippen LogP contribution >= 0.6 is 0 Å². The Morgan fingerprint density at radius 1 is 1.04 bits per heavy atom. The zero-order valence-corrected chi connectivity index (χ0v) is 16.2. The summed E-state index contributed by atoms with van der Waals surface area (Å²) in [6.07, 6.45) is 0.483. The molecular weight excluding hydrogens is 362 g/mol. The number of rotatable bonds is 7. The van der Waals surface area contributed by atoms with E-state index in [9.17, 15) is 18.6 Å². The van der Waals surface area contributed by atoms with Gasteiger partial charge in [0, 0.05) is 25.0 Å². The minimum Gasteiger partial charge on any atom is -0.396 e. The summed E-state index contributed by atoms with van der Waals surface area (Å²) in [5, 5.41) is 20.7. The van der Waals surface area contributed by atoms with Crippen molar-refractivity contribution in [1.82, 2.24) is 4.90 Å². The van der Waals surface area contributed by atoms with E-state index >= 15 is 0 Å². The zero-order valence-electron chi connectivity index (χ0n) is 15.4. The molecule has 2 aromatic rings. The summed E-state index contributed by atoms with van der Waals surface area (Å²) in [6.45, 7) is 1.36. The third-order valence-corrected chi connectivity index (χ3v) is 7.17. The van der Waals surface area contributed by atoms with Gasteiger partial charge in [0.15, 0.2) is 9.84 Å². The van der Waals surface area contributed by atoms with Crippen LogP contribution < -0.4 is 0 Å². The van der Waals surface area contributed by atoms with E-state index in [1.165, 1.54) is 0 Å². The van der Waals surface area contributed by atoms with E-state index in [4.69, 9.17) is 0 Å². The van der Waals surface area contributed by atoms with Crippen LogP contribution in [0.4, 0.5) is 0 Å². The van der Waals surface area contributed by atoms with Crippen LogP contribution in [0.15, 0.2) is 65.6 Å². The Morgan fingerprint density at radius 2 is 1.67 bits per heavy atom. The second-order valence-corrected chi connectivity index (χ2v) is 9.50. The molecule has 1 heterocycles. The number of hydrogen-bond donors (Lipinski definition) is 2. The highest BCUT2D eigenvalue weighted by Crippen LogP contribution is 2.34. The predicted octanol–water partition coefficient (Wildman–Crippen LogP) is 1.75. The van der Waals surface area contributed by atoms with Gasteiger partial charge in [-0.1, -0.05) is 48.5 Å². The van der Waals surface area contributed by atoms with Crippen LogP contribution in [0.2, 0.25) is 0 Å². The topological polar surface area (TPSA) is 77.8 Å². The number of likely N-dealkylation sites (tertiary alicyclic amines) is 1. The van der Waals surface area contributed by atoms with Crippen molar-refractivity contribution in [2.45, 2.75) is 23.8 Å². The number of nitrogens with zero attached hydrogens (tertiary/aromatic N) is 1. The second-order valence-electron chi connectivity index (χ2n) is 7.40. The highest BCUT2D eigenvalue weighted by Gasteiger charge is 2.42.